The summed E-state index contributed by atoms with van der Waals surface area (Å²) < 4.78 is 16.8. The fourth-order valence-corrected chi connectivity index (χ4v) is 3.87. The molecule has 4 rings (SSSR count). The quantitative estimate of drug-likeness (QED) is 0.806. The van der Waals surface area contributed by atoms with Crippen molar-refractivity contribution in [2.24, 2.45) is 0 Å². The Morgan fingerprint density at radius 2 is 1.67 bits per heavy atom. The number of rotatable bonds is 5. The Morgan fingerprint density at radius 1 is 0.926 bits per heavy atom. The molecule has 27 heavy (non-hydrogen) atoms. The van der Waals surface area contributed by atoms with E-state index in [1.807, 2.05) is 0 Å². The van der Waals surface area contributed by atoms with Crippen molar-refractivity contribution >= 4 is 5.82 Å². The average Bonchev–Trinajstić information content (AvgIpc) is 3.52. The minimum absolute atomic E-state index is 0.557. The molecular formula is C21H27N3O3. The molecule has 0 atom stereocenters. The highest BCUT2D eigenvalue weighted by atomic mass is 16.5. The number of ether oxygens (including phenoxy) is 3. The number of benzene rings is 1. The second kappa shape index (κ2) is 7.25. The van der Waals surface area contributed by atoms with Gasteiger partial charge in [0.15, 0.2) is 11.5 Å². The molecule has 144 valence electrons. The predicted octanol–water partition coefficient (Wildman–Crippen LogP) is 3.29. The number of aryl methyl sites for hydroxylation is 1. The Bertz CT molecular complexity index is 849. The first-order valence-electron chi connectivity index (χ1n) is 9.55. The third-order valence-electron chi connectivity index (χ3n) is 5.43. The van der Waals surface area contributed by atoms with Gasteiger partial charge in [0, 0.05) is 36.3 Å². The van der Waals surface area contributed by atoms with E-state index in [1.165, 1.54) is 24.0 Å². The van der Waals surface area contributed by atoms with Gasteiger partial charge < -0.3 is 19.1 Å². The lowest BCUT2D eigenvalue weighted by molar-refractivity contribution is 0.321. The Hall–Kier alpha value is -2.50. The summed E-state index contributed by atoms with van der Waals surface area (Å²) in [5.41, 5.74) is 3.50. The van der Waals surface area contributed by atoms with Gasteiger partial charge in [-0.25, -0.2) is 9.97 Å². The van der Waals surface area contributed by atoms with Gasteiger partial charge in [-0.2, -0.15) is 0 Å². The lowest BCUT2D eigenvalue weighted by atomic mass is 10.0. The highest BCUT2D eigenvalue weighted by molar-refractivity contribution is 5.60. The molecule has 1 fully saturated rings. The first-order chi connectivity index (χ1) is 13.1. The van der Waals surface area contributed by atoms with E-state index >= 15 is 0 Å². The summed E-state index contributed by atoms with van der Waals surface area (Å²) in [6.07, 6.45) is 4.21. The smallest absolute Gasteiger partial charge is 0.203 e. The maximum absolute atomic E-state index is 5.70. The van der Waals surface area contributed by atoms with Crippen LogP contribution in [0.4, 0.5) is 5.82 Å². The lowest BCUT2D eigenvalue weighted by Crippen LogP contribution is -2.27. The summed E-state index contributed by atoms with van der Waals surface area (Å²) in [6.45, 7) is 3.86. The number of aromatic nitrogens is 2. The molecule has 0 amide bonds. The van der Waals surface area contributed by atoms with Crippen LogP contribution in [0.2, 0.25) is 0 Å². The molecule has 0 spiro atoms. The molecule has 0 unspecified atom stereocenters. The molecule has 0 N–H and O–H groups in total. The average molecular weight is 369 g/mol. The molecule has 0 bridgehead atoms. The van der Waals surface area contributed by atoms with E-state index in [2.05, 4.69) is 28.9 Å². The molecule has 0 saturated heterocycles. The minimum Gasteiger partial charge on any atom is -0.493 e. The number of nitrogens with zero attached hydrogens (tertiary/aromatic N) is 3. The third-order valence-corrected chi connectivity index (χ3v) is 5.43. The van der Waals surface area contributed by atoms with Gasteiger partial charge in [-0.3, -0.25) is 0 Å². The van der Waals surface area contributed by atoms with Gasteiger partial charge in [-0.05, 0) is 44.2 Å². The highest BCUT2D eigenvalue weighted by Crippen LogP contribution is 2.43. The van der Waals surface area contributed by atoms with Gasteiger partial charge in [0.1, 0.15) is 11.6 Å². The van der Waals surface area contributed by atoms with Crippen molar-refractivity contribution in [2.75, 3.05) is 39.3 Å². The second-order valence-electron chi connectivity index (χ2n) is 7.27. The second-order valence-corrected chi connectivity index (χ2v) is 7.27. The van der Waals surface area contributed by atoms with Crippen LogP contribution in [0.1, 0.15) is 41.4 Å². The van der Waals surface area contributed by atoms with Gasteiger partial charge in [0.25, 0.3) is 0 Å². The molecule has 1 saturated carbocycles. The normalized spacial score (nSPS) is 16.5. The van der Waals surface area contributed by atoms with E-state index in [4.69, 9.17) is 19.2 Å². The van der Waals surface area contributed by atoms with Crippen LogP contribution < -0.4 is 19.1 Å². The Morgan fingerprint density at radius 3 is 2.33 bits per heavy atom. The van der Waals surface area contributed by atoms with Crippen LogP contribution in [0.3, 0.4) is 0 Å². The van der Waals surface area contributed by atoms with Crippen LogP contribution in [0, 0.1) is 6.92 Å². The molecule has 0 radical (unpaired) electrons. The summed E-state index contributed by atoms with van der Waals surface area (Å²) in [7, 11) is 5.00. The summed E-state index contributed by atoms with van der Waals surface area (Å²) in [6, 6.07) is 4.18. The van der Waals surface area contributed by atoms with Gasteiger partial charge in [0.05, 0.1) is 21.3 Å². The van der Waals surface area contributed by atoms with E-state index in [1.54, 1.807) is 21.3 Å². The van der Waals surface area contributed by atoms with Crippen molar-refractivity contribution in [2.45, 2.75) is 38.5 Å². The number of anilines is 1. The van der Waals surface area contributed by atoms with Crippen molar-refractivity contribution < 1.29 is 14.2 Å². The summed E-state index contributed by atoms with van der Waals surface area (Å²) >= 11 is 0. The zero-order valence-electron chi connectivity index (χ0n) is 16.5. The molecular weight excluding hydrogens is 342 g/mol. The molecule has 6 heteroatoms. The monoisotopic (exact) mass is 369 g/mol. The first-order valence-corrected chi connectivity index (χ1v) is 9.55. The molecule has 2 aromatic rings. The van der Waals surface area contributed by atoms with E-state index in [-0.39, 0.29) is 0 Å². The van der Waals surface area contributed by atoms with E-state index < -0.39 is 0 Å². The van der Waals surface area contributed by atoms with E-state index in [0.717, 1.165) is 54.8 Å². The fourth-order valence-electron chi connectivity index (χ4n) is 3.87. The van der Waals surface area contributed by atoms with Gasteiger partial charge in [0.2, 0.25) is 5.75 Å². The van der Waals surface area contributed by atoms with E-state index in [0.29, 0.717) is 11.7 Å². The molecule has 1 aliphatic heterocycles. The highest BCUT2D eigenvalue weighted by Gasteiger charge is 2.28. The summed E-state index contributed by atoms with van der Waals surface area (Å²) in [5, 5.41) is 0. The topological polar surface area (TPSA) is 56.7 Å². The maximum Gasteiger partial charge on any atom is 0.203 e. The lowest BCUT2D eigenvalue weighted by Gasteiger charge is -2.22. The first kappa shape index (κ1) is 17.9. The number of hydrogen-bond donors (Lipinski definition) is 0. The van der Waals surface area contributed by atoms with Crippen LogP contribution in [0.25, 0.3) is 0 Å². The molecule has 1 aromatic heterocycles. The number of methoxy groups -OCH3 is 3. The Kier molecular flexibility index (Phi) is 4.81. The molecule has 6 nitrogen and oxygen atoms in total. The zero-order valence-corrected chi connectivity index (χ0v) is 16.5. The zero-order chi connectivity index (χ0) is 19.0. The Balaban J connectivity index is 1.65. The summed E-state index contributed by atoms with van der Waals surface area (Å²) in [4.78, 5) is 11.9. The van der Waals surface area contributed by atoms with Crippen LogP contribution in [0.5, 0.6) is 17.2 Å². The molecule has 2 heterocycles. The van der Waals surface area contributed by atoms with Crippen molar-refractivity contribution in [3.05, 3.63) is 34.8 Å². The van der Waals surface area contributed by atoms with Crippen LogP contribution >= 0.6 is 0 Å². The van der Waals surface area contributed by atoms with Gasteiger partial charge in [-0.1, -0.05) is 0 Å². The summed E-state index contributed by atoms with van der Waals surface area (Å²) in [5.74, 6) is 4.77. The fraction of sp³-hybridized carbons (Fsp3) is 0.524. The largest absolute Gasteiger partial charge is 0.493 e. The van der Waals surface area contributed by atoms with Crippen LogP contribution in [-0.4, -0.2) is 44.4 Å². The van der Waals surface area contributed by atoms with Crippen molar-refractivity contribution in [3.63, 3.8) is 0 Å². The molecule has 1 aromatic carbocycles. The standard InChI is InChI=1S/C21H27N3O3/c1-13-11-18(23-21(22-13)14-5-6-14)24-9-7-15-12-17(25-2)20(27-4)19(26-3)16(15)8-10-24/h11-12,14H,5-10H2,1-4H3. The van der Waals surface area contributed by atoms with Crippen LogP contribution in [-0.2, 0) is 12.8 Å². The third kappa shape index (κ3) is 3.40. The minimum atomic E-state index is 0.557. The van der Waals surface area contributed by atoms with Crippen LogP contribution in [0.15, 0.2) is 12.1 Å². The van der Waals surface area contributed by atoms with Crippen molar-refractivity contribution in [1.29, 1.82) is 0 Å². The number of hydrogen-bond acceptors (Lipinski definition) is 6. The predicted molar refractivity (Wildman–Crippen MR) is 104 cm³/mol. The van der Waals surface area contributed by atoms with E-state index in [9.17, 15) is 0 Å². The SMILES string of the molecule is COc1cc2c(c(OC)c1OC)CCN(c1cc(C)nc(C3CC3)n1)CC2. The van der Waals surface area contributed by atoms with Crippen molar-refractivity contribution in [3.8, 4) is 17.2 Å². The van der Waals surface area contributed by atoms with Gasteiger partial charge >= 0.3 is 0 Å². The Labute approximate surface area is 160 Å². The molecule has 1 aliphatic carbocycles. The maximum atomic E-state index is 5.70. The number of fused-ring (bicyclic) bond motifs is 1. The molecule has 2 aliphatic rings. The van der Waals surface area contributed by atoms with Crippen molar-refractivity contribution in [1.82, 2.24) is 9.97 Å². The van der Waals surface area contributed by atoms with Gasteiger partial charge in [-0.15, -0.1) is 0 Å².